The second-order valence-electron chi connectivity index (χ2n) is 4.70. The average molecular weight is 314 g/mol. The standard InChI is InChI=1S/C13H13ClNO4P/c14-6-8-7-15-11-5-12(19-20(16,17)18)9-3-1-2-4-10(9)13(8)11/h1-5,8,15H,6-7H2,(H2,16,17,18). The lowest BCUT2D eigenvalue weighted by molar-refractivity contribution is 0.284. The third-order valence-corrected chi connectivity index (χ3v) is 4.21. The predicted molar refractivity (Wildman–Crippen MR) is 78.6 cm³/mol. The monoisotopic (exact) mass is 313 g/mol. The van der Waals surface area contributed by atoms with Gasteiger partial charge in [-0.05, 0) is 10.9 Å². The Labute approximate surface area is 120 Å². The summed E-state index contributed by atoms with van der Waals surface area (Å²) in [6.07, 6.45) is 0. The molecule has 0 amide bonds. The van der Waals surface area contributed by atoms with E-state index in [2.05, 4.69) is 5.32 Å². The van der Waals surface area contributed by atoms with Crippen LogP contribution in [0.2, 0.25) is 0 Å². The van der Waals surface area contributed by atoms with Gasteiger partial charge in [-0.2, -0.15) is 0 Å². The van der Waals surface area contributed by atoms with Gasteiger partial charge in [-0.3, -0.25) is 9.79 Å². The van der Waals surface area contributed by atoms with E-state index < -0.39 is 7.82 Å². The number of alkyl halides is 1. The summed E-state index contributed by atoms with van der Waals surface area (Å²) in [7, 11) is -4.59. The average Bonchev–Trinajstić information content (AvgIpc) is 2.80. The Hall–Kier alpha value is -1.26. The molecule has 1 aliphatic heterocycles. The van der Waals surface area contributed by atoms with Crippen LogP contribution >= 0.6 is 19.4 Å². The minimum Gasteiger partial charge on any atom is -0.404 e. The SMILES string of the molecule is O=P(O)(O)Oc1cc2c(c3ccccc13)C(CCl)CN2. The van der Waals surface area contributed by atoms with Gasteiger partial charge in [-0.1, -0.05) is 24.3 Å². The van der Waals surface area contributed by atoms with Crippen molar-refractivity contribution < 1.29 is 18.9 Å². The van der Waals surface area contributed by atoms with E-state index in [9.17, 15) is 4.57 Å². The number of halogens is 1. The van der Waals surface area contributed by atoms with Crippen molar-refractivity contribution in [3.8, 4) is 5.75 Å². The van der Waals surface area contributed by atoms with E-state index in [1.54, 1.807) is 18.2 Å². The van der Waals surface area contributed by atoms with Crippen LogP contribution in [-0.4, -0.2) is 22.2 Å². The van der Waals surface area contributed by atoms with Crippen LogP contribution in [0.25, 0.3) is 10.8 Å². The van der Waals surface area contributed by atoms with E-state index in [0.29, 0.717) is 17.8 Å². The Bertz CT molecular complexity index is 715. The van der Waals surface area contributed by atoms with Crippen molar-refractivity contribution in [3.63, 3.8) is 0 Å². The van der Waals surface area contributed by atoms with Gasteiger partial charge in [0.25, 0.3) is 0 Å². The third kappa shape index (κ3) is 2.38. The van der Waals surface area contributed by atoms with Gasteiger partial charge in [-0.25, -0.2) is 4.57 Å². The quantitative estimate of drug-likeness (QED) is 0.599. The van der Waals surface area contributed by atoms with Gasteiger partial charge in [0.1, 0.15) is 5.75 Å². The number of hydrogen-bond acceptors (Lipinski definition) is 3. The van der Waals surface area contributed by atoms with Crippen LogP contribution in [0.15, 0.2) is 30.3 Å². The normalized spacial score (nSPS) is 17.9. The van der Waals surface area contributed by atoms with Crippen LogP contribution < -0.4 is 9.84 Å². The largest absolute Gasteiger partial charge is 0.524 e. The van der Waals surface area contributed by atoms with E-state index >= 15 is 0 Å². The maximum atomic E-state index is 11.1. The molecule has 2 aromatic carbocycles. The minimum atomic E-state index is -4.59. The highest BCUT2D eigenvalue weighted by atomic mass is 35.5. The first-order valence-electron chi connectivity index (χ1n) is 6.10. The molecule has 1 heterocycles. The van der Waals surface area contributed by atoms with Gasteiger partial charge in [0, 0.05) is 35.5 Å². The zero-order chi connectivity index (χ0) is 14.3. The molecule has 0 saturated heterocycles. The zero-order valence-corrected chi connectivity index (χ0v) is 12.1. The molecule has 2 aromatic rings. The van der Waals surface area contributed by atoms with Gasteiger partial charge >= 0.3 is 7.82 Å². The molecule has 3 N–H and O–H groups in total. The summed E-state index contributed by atoms with van der Waals surface area (Å²) in [6.45, 7) is 0.711. The molecule has 106 valence electrons. The molecule has 0 saturated carbocycles. The topological polar surface area (TPSA) is 78.8 Å². The van der Waals surface area contributed by atoms with Crippen LogP contribution in [0.1, 0.15) is 11.5 Å². The number of hydrogen-bond donors (Lipinski definition) is 3. The Balaban J connectivity index is 2.25. The molecule has 5 nitrogen and oxygen atoms in total. The van der Waals surface area contributed by atoms with Crippen LogP contribution in [0.3, 0.4) is 0 Å². The molecule has 20 heavy (non-hydrogen) atoms. The number of rotatable bonds is 3. The van der Waals surface area contributed by atoms with E-state index in [-0.39, 0.29) is 11.7 Å². The maximum Gasteiger partial charge on any atom is 0.524 e. The van der Waals surface area contributed by atoms with Crippen molar-refractivity contribution in [1.29, 1.82) is 0 Å². The van der Waals surface area contributed by atoms with Crippen LogP contribution in [-0.2, 0) is 4.57 Å². The molecule has 3 rings (SSSR count). The van der Waals surface area contributed by atoms with Crippen LogP contribution in [0.5, 0.6) is 5.75 Å². The fraction of sp³-hybridized carbons (Fsp3) is 0.231. The van der Waals surface area contributed by atoms with Crippen molar-refractivity contribution in [2.24, 2.45) is 0 Å². The molecule has 1 unspecified atom stereocenters. The summed E-state index contributed by atoms with van der Waals surface area (Å²) in [4.78, 5) is 18.0. The lowest BCUT2D eigenvalue weighted by atomic mass is 9.95. The summed E-state index contributed by atoms with van der Waals surface area (Å²) >= 11 is 5.99. The van der Waals surface area contributed by atoms with Gasteiger partial charge in [0.15, 0.2) is 0 Å². The van der Waals surface area contributed by atoms with Crippen LogP contribution in [0, 0.1) is 0 Å². The van der Waals surface area contributed by atoms with Crippen molar-refractivity contribution >= 4 is 35.9 Å². The molecule has 0 radical (unpaired) electrons. The van der Waals surface area contributed by atoms with Crippen molar-refractivity contribution in [1.82, 2.24) is 0 Å². The molecule has 0 aliphatic carbocycles. The van der Waals surface area contributed by atoms with Gasteiger partial charge in [0.2, 0.25) is 0 Å². The molecule has 0 spiro atoms. The molecular weight excluding hydrogens is 301 g/mol. The number of phosphoric acid groups is 1. The summed E-state index contributed by atoms with van der Waals surface area (Å²) in [6, 6.07) is 9.01. The zero-order valence-electron chi connectivity index (χ0n) is 10.4. The summed E-state index contributed by atoms with van der Waals surface area (Å²) in [5.74, 6) is 0.846. The lowest BCUT2D eigenvalue weighted by Gasteiger charge is -2.14. The predicted octanol–water partition coefficient (Wildman–Crippen LogP) is 3.06. The number of phosphoric ester groups is 1. The van der Waals surface area contributed by atoms with Gasteiger partial charge in [-0.15, -0.1) is 11.6 Å². The summed E-state index contributed by atoms with van der Waals surface area (Å²) < 4.78 is 15.9. The minimum absolute atomic E-state index is 0.176. The second-order valence-corrected chi connectivity index (χ2v) is 6.17. The van der Waals surface area contributed by atoms with Crippen LogP contribution in [0.4, 0.5) is 5.69 Å². The summed E-state index contributed by atoms with van der Waals surface area (Å²) in [5, 5.41) is 4.78. The molecular formula is C13H13ClNO4P. The summed E-state index contributed by atoms with van der Waals surface area (Å²) in [5.41, 5.74) is 1.89. The highest BCUT2D eigenvalue weighted by Crippen LogP contribution is 2.46. The second kappa shape index (κ2) is 4.93. The molecule has 1 atom stereocenters. The van der Waals surface area contributed by atoms with E-state index in [1.807, 2.05) is 12.1 Å². The number of benzene rings is 2. The number of fused-ring (bicyclic) bond motifs is 3. The number of anilines is 1. The Morgan fingerprint density at radius 2 is 2.05 bits per heavy atom. The number of nitrogens with one attached hydrogen (secondary N) is 1. The maximum absolute atomic E-state index is 11.1. The third-order valence-electron chi connectivity index (χ3n) is 3.40. The van der Waals surface area contributed by atoms with E-state index in [4.69, 9.17) is 25.9 Å². The van der Waals surface area contributed by atoms with E-state index in [1.165, 1.54) is 0 Å². The lowest BCUT2D eigenvalue weighted by Crippen LogP contribution is -2.02. The van der Waals surface area contributed by atoms with Gasteiger partial charge in [0.05, 0.1) is 0 Å². The molecule has 0 fully saturated rings. The fourth-order valence-corrected chi connectivity index (χ4v) is 3.29. The Morgan fingerprint density at radius 3 is 2.70 bits per heavy atom. The first kappa shape index (κ1) is 13.7. The molecule has 1 aliphatic rings. The highest BCUT2D eigenvalue weighted by Gasteiger charge is 2.27. The van der Waals surface area contributed by atoms with Crippen molar-refractivity contribution in [2.45, 2.75) is 5.92 Å². The Kier molecular flexibility index (Phi) is 3.38. The fourth-order valence-electron chi connectivity index (χ4n) is 2.62. The molecule has 0 aromatic heterocycles. The van der Waals surface area contributed by atoms with Crippen molar-refractivity contribution in [2.75, 3.05) is 17.7 Å². The van der Waals surface area contributed by atoms with Gasteiger partial charge < -0.3 is 9.84 Å². The highest BCUT2D eigenvalue weighted by molar-refractivity contribution is 7.46. The first-order chi connectivity index (χ1) is 9.49. The Morgan fingerprint density at radius 1 is 1.35 bits per heavy atom. The molecule has 0 bridgehead atoms. The molecule has 7 heteroatoms. The smallest absolute Gasteiger partial charge is 0.404 e. The first-order valence-corrected chi connectivity index (χ1v) is 8.16. The van der Waals surface area contributed by atoms with Crippen molar-refractivity contribution in [3.05, 3.63) is 35.9 Å². The van der Waals surface area contributed by atoms with E-state index in [0.717, 1.165) is 16.6 Å².